The molecule has 0 bridgehead atoms. The standard InChI is InChI=1S/C14H17N5O3/c20-13(10-1-2-11-12(7-10)17-18-16-11)15-8-9-3-5-19(6-4-9)14(21)22/h1-2,7,9H,3-6,8H2,(H,15,20)(H,21,22)(H,16,17,18). The molecular formula is C14H17N5O3. The van der Waals surface area contributed by atoms with Crippen LogP contribution in [0, 0.1) is 5.92 Å². The zero-order chi connectivity index (χ0) is 15.5. The average molecular weight is 303 g/mol. The molecule has 1 aliphatic rings. The van der Waals surface area contributed by atoms with Gasteiger partial charge in [-0.3, -0.25) is 4.79 Å². The summed E-state index contributed by atoms with van der Waals surface area (Å²) in [6.07, 6.45) is 0.674. The van der Waals surface area contributed by atoms with Crippen molar-refractivity contribution >= 4 is 23.0 Å². The Balaban J connectivity index is 1.53. The second-order valence-corrected chi connectivity index (χ2v) is 5.45. The molecule has 1 aromatic carbocycles. The number of carboxylic acid groups (broad SMARTS) is 1. The van der Waals surface area contributed by atoms with Gasteiger partial charge < -0.3 is 15.3 Å². The molecule has 0 atom stereocenters. The van der Waals surface area contributed by atoms with E-state index in [1.165, 1.54) is 4.90 Å². The van der Waals surface area contributed by atoms with E-state index < -0.39 is 6.09 Å². The minimum atomic E-state index is -0.872. The van der Waals surface area contributed by atoms with Crippen LogP contribution in [0.4, 0.5) is 4.79 Å². The monoisotopic (exact) mass is 303 g/mol. The number of benzene rings is 1. The molecule has 2 heterocycles. The van der Waals surface area contributed by atoms with Crippen molar-refractivity contribution in [2.24, 2.45) is 5.92 Å². The van der Waals surface area contributed by atoms with Crippen LogP contribution in [0.3, 0.4) is 0 Å². The maximum atomic E-state index is 12.2. The molecule has 2 amide bonds. The third-order valence-electron chi connectivity index (χ3n) is 4.01. The number of carbonyl (C=O) groups excluding carboxylic acids is 1. The molecule has 22 heavy (non-hydrogen) atoms. The van der Waals surface area contributed by atoms with E-state index in [1.807, 2.05) is 0 Å². The molecule has 0 aliphatic carbocycles. The maximum absolute atomic E-state index is 12.2. The van der Waals surface area contributed by atoms with Crippen molar-refractivity contribution in [3.8, 4) is 0 Å². The zero-order valence-corrected chi connectivity index (χ0v) is 12.0. The van der Waals surface area contributed by atoms with E-state index in [1.54, 1.807) is 18.2 Å². The van der Waals surface area contributed by atoms with E-state index >= 15 is 0 Å². The number of nitrogens with one attached hydrogen (secondary N) is 2. The lowest BCUT2D eigenvalue weighted by Crippen LogP contribution is -2.40. The number of carbonyl (C=O) groups is 2. The number of aromatic nitrogens is 3. The smallest absolute Gasteiger partial charge is 0.407 e. The average Bonchev–Trinajstić information content (AvgIpc) is 3.00. The molecule has 8 heteroatoms. The van der Waals surface area contributed by atoms with Crippen LogP contribution >= 0.6 is 0 Å². The van der Waals surface area contributed by atoms with E-state index in [9.17, 15) is 9.59 Å². The number of amides is 2. The van der Waals surface area contributed by atoms with E-state index in [-0.39, 0.29) is 5.91 Å². The number of likely N-dealkylation sites (tertiary alicyclic amines) is 1. The molecule has 0 unspecified atom stereocenters. The Morgan fingerprint density at radius 3 is 2.73 bits per heavy atom. The van der Waals surface area contributed by atoms with E-state index in [2.05, 4.69) is 20.7 Å². The van der Waals surface area contributed by atoms with Gasteiger partial charge in [-0.25, -0.2) is 4.79 Å². The zero-order valence-electron chi connectivity index (χ0n) is 12.0. The van der Waals surface area contributed by atoms with Crippen LogP contribution in [0.15, 0.2) is 18.2 Å². The van der Waals surface area contributed by atoms with Crippen LogP contribution in [0.1, 0.15) is 23.2 Å². The van der Waals surface area contributed by atoms with Crippen LogP contribution in [0.2, 0.25) is 0 Å². The predicted molar refractivity (Wildman–Crippen MR) is 78.5 cm³/mol. The summed E-state index contributed by atoms with van der Waals surface area (Å²) in [6, 6.07) is 5.16. The van der Waals surface area contributed by atoms with Crippen molar-refractivity contribution in [2.75, 3.05) is 19.6 Å². The van der Waals surface area contributed by atoms with Gasteiger partial charge in [0, 0.05) is 25.2 Å². The largest absolute Gasteiger partial charge is 0.465 e. The van der Waals surface area contributed by atoms with Crippen LogP contribution in [0.5, 0.6) is 0 Å². The molecule has 116 valence electrons. The Bertz CT molecular complexity index is 691. The molecule has 1 aliphatic heterocycles. The quantitative estimate of drug-likeness (QED) is 0.785. The van der Waals surface area contributed by atoms with E-state index in [4.69, 9.17) is 5.11 Å². The summed E-state index contributed by atoms with van der Waals surface area (Å²) in [5.41, 5.74) is 1.92. The Labute approximate surface area is 126 Å². The summed E-state index contributed by atoms with van der Waals surface area (Å²) in [5, 5.41) is 22.2. The first-order chi connectivity index (χ1) is 10.6. The SMILES string of the molecule is O=C(NCC1CCN(C(=O)O)CC1)c1ccc2n[nH]nc2c1. The first kappa shape index (κ1) is 14.3. The Hall–Kier alpha value is -2.64. The molecule has 2 aromatic rings. The lowest BCUT2D eigenvalue weighted by atomic mass is 9.97. The second kappa shape index (κ2) is 6.00. The highest BCUT2D eigenvalue weighted by molar-refractivity contribution is 5.97. The van der Waals surface area contributed by atoms with Gasteiger partial charge in [0.25, 0.3) is 5.91 Å². The summed E-state index contributed by atoms with van der Waals surface area (Å²) < 4.78 is 0. The fraction of sp³-hybridized carbons (Fsp3) is 0.429. The highest BCUT2D eigenvalue weighted by atomic mass is 16.4. The maximum Gasteiger partial charge on any atom is 0.407 e. The number of piperidine rings is 1. The summed E-state index contributed by atoms with van der Waals surface area (Å²) in [7, 11) is 0. The minimum Gasteiger partial charge on any atom is -0.465 e. The number of aromatic amines is 1. The molecule has 3 N–H and O–H groups in total. The molecule has 8 nitrogen and oxygen atoms in total. The fourth-order valence-electron chi connectivity index (χ4n) is 2.65. The first-order valence-electron chi connectivity index (χ1n) is 7.20. The number of nitrogens with zero attached hydrogens (tertiary/aromatic N) is 3. The van der Waals surface area contributed by atoms with Gasteiger partial charge in [-0.1, -0.05) is 0 Å². The minimum absolute atomic E-state index is 0.148. The third kappa shape index (κ3) is 3.00. The highest BCUT2D eigenvalue weighted by Crippen LogP contribution is 2.17. The molecule has 3 rings (SSSR count). The molecule has 1 saturated heterocycles. The number of fused-ring (bicyclic) bond motifs is 1. The van der Waals surface area contributed by atoms with Gasteiger partial charge >= 0.3 is 6.09 Å². The van der Waals surface area contributed by atoms with Crippen molar-refractivity contribution in [3.63, 3.8) is 0 Å². The van der Waals surface area contributed by atoms with Crippen LogP contribution in [-0.2, 0) is 0 Å². The molecule has 0 radical (unpaired) electrons. The van der Waals surface area contributed by atoms with Crippen molar-refractivity contribution in [1.82, 2.24) is 25.6 Å². The number of hydrogen-bond donors (Lipinski definition) is 3. The van der Waals surface area contributed by atoms with Crippen LogP contribution < -0.4 is 5.32 Å². The van der Waals surface area contributed by atoms with Crippen molar-refractivity contribution in [2.45, 2.75) is 12.8 Å². The molecule has 0 spiro atoms. The van der Waals surface area contributed by atoms with Crippen LogP contribution in [0.25, 0.3) is 11.0 Å². The topological polar surface area (TPSA) is 111 Å². The summed E-state index contributed by atoms with van der Waals surface area (Å²) >= 11 is 0. The Morgan fingerprint density at radius 1 is 1.27 bits per heavy atom. The van der Waals surface area contributed by atoms with Gasteiger partial charge in [0.05, 0.1) is 0 Å². The normalized spacial score (nSPS) is 15.9. The Kier molecular flexibility index (Phi) is 3.90. The molecule has 1 aromatic heterocycles. The molecule has 0 saturated carbocycles. The van der Waals surface area contributed by atoms with Gasteiger partial charge in [0.2, 0.25) is 0 Å². The summed E-state index contributed by atoms with van der Waals surface area (Å²) in [5.74, 6) is 0.167. The molecule has 1 fully saturated rings. The highest BCUT2D eigenvalue weighted by Gasteiger charge is 2.22. The lowest BCUT2D eigenvalue weighted by Gasteiger charge is -2.29. The number of H-pyrrole nitrogens is 1. The predicted octanol–water partition coefficient (Wildman–Crippen LogP) is 1.08. The van der Waals surface area contributed by atoms with Gasteiger partial charge in [0.1, 0.15) is 11.0 Å². The number of hydrogen-bond acceptors (Lipinski definition) is 4. The van der Waals surface area contributed by atoms with E-state index in [0.717, 1.165) is 18.4 Å². The lowest BCUT2D eigenvalue weighted by molar-refractivity contribution is 0.0929. The summed E-state index contributed by atoms with van der Waals surface area (Å²) in [6.45, 7) is 1.62. The number of rotatable bonds is 3. The van der Waals surface area contributed by atoms with E-state index in [0.29, 0.717) is 36.6 Å². The van der Waals surface area contributed by atoms with Crippen LogP contribution in [-0.4, -0.2) is 57.1 Å². The van der Waals surface area contributed by atoms with Crippen molar-refractivity contribution < 1.29 is 14.7 Å². The summed E-state index contributed by atoms with van der Waals surface area (Å²) in [4.78, 5) is 24.4. The van der Waals surface area contributed by atoms with Gasteiger partial charge in [-0.15, -0.1) is 0 Å². The second-order valence-electron chi connectivity index (χ2n) is 5.45. The van der Waals surface area contributed by atoms with Crippen molar-refractivity contribution in [3.05, 3.63) is 23.8 Å². The fourth-order valence-corrected chi connectivity index (χ4v) is 2.65. The van der Waals surface area contributed by atoms with Crippen molar-refractivity contribution in [1.29, 1.82) is 0 Å². The third-order valence-corrected chi connectivity index (χ3v) is 4.01. The van der Waals surface area contributed by atoms with Gasteiger partial charge in [-0.05, 0) is 37.0 Å². The molecular weight excluding hydrogens is 286 g/mol. The van der Waals surface area contributed by atoms with Gasteiger partial charge in [0.15, 0.2) is 0 Å². The van der Waals surface area contributed by atoms with Gasteiger partial charge in [-0.2, -0.15) is 15.4 Å². The first-order valence-corrected chi connectivity index (χ1v) is 7.20. The Morgan fingerprint density at radius 2 is 2.00 bits per heavy atom.